The van der Waals surface area contributed by atoms with E-state index in [9.17, 15) is 9.59 Å². The van der Waals surface area contributed by atoms with Gasteiger partial charge in [0.25, 0.3) is 0 Å². The molecule has 98 valence electrons. The molecule has 1 aromatic rings. The fourth-order valence-corrected chi connectivity index (χ4v) is 1.23. The highest BCUT2D eigenvalue weighted by Crippen LogP contribution is 2.00. The third kappa shape index (κ3) is 5.31. The maximum absolute atomic E-state index is 11.2. The Hall–Kier alpha value is -2.08. The van der Waals surface area contributed by atoms with E-state index in [1.807, 2.05) is 30.3 Å². The van der Waals surface area contributed by atoms with Gasteiger partial charge in [0.1, 0.15) is 12.6 Å². The normalized spacial score (nSPS) is 11.6. The van der Waals surface area contributed by atoms with Gasteiger partial charge in [0.05, 0.1) is 0 Å². The summed E-state index contributed by atoms with van der Waals surface area (Å²) in [6.07, 6.45) is -0.424. The molecule has 1 atom stereocenters. The fraction of sp³-hybridized carbons (Fsp3) is 0.333. The zero-order chi connectivity index (χ0) is 13.4. The lowest BCUT2D eigenvalue weighted by Gasteiger charge is -2.08. The second-order valence-corrected chi connectivity index (χ2v) is 3.72. The molecule has 4 N–H and O–H groups in total. The minimum absolute atomic E-state index is 0.162. The smallest absolute Gasteiger partial charge is 0.407 e. The van der Waals surface area contributed by atoms with Crippen LogP contribution in [0.2, 0.25) is 0 Å². The quantitative estimate of drug-likeness (QED) is 0.692. The van der Waals surface area contributed by atoms with Gasteiger partial charge < -0.3 is 20.9 Å². The van der Waals surface area contributed by atoms with Crippen LogP contribution in [-0.4, -0.2) is 29.8 Å². The van der Waals surface area contributed by atoms with Gasteiger partial charge in [-0.25, -0.2) is 4.79 Å². The van der Waals surface area contributed by atoms with Crippen LogP contribution in [0.5, 0.6) is 0 Å². The van der Waals surface area contributed by atoms with E-state index < -0.39 is 18.1 Å². The van der Waals surface area contributed by atoms with E-state index in [2.05, 4.69) is 5.32 Å². The Morgan fingerprint density at radius 1 is 1.33 bits per heavy atom. The van der Waals surface area contributed by atoms with E-state index in [0.717, 1.165) is 5.56 Å². The van der Waals surface area contributed by atoms with Crippen molar-refractivity contribution >= 4 is 12.1 Å². The Labute approximate surface area is 105 Å². The van der Waals surface area contributed by atoms with Crippen molar-refractivity contribution in [2.75, 3.05) is 6.54 Å². The van der Waals surface area contributed by atoms with E-state index in [1.165, 1.54) is 0 Å². The van der Waals surface area contributed by atoms with Crippen molar-refractivity contribution in [3.8, 4) is 0 Å². The SMILES string of the molecule is N[C@@H](CCNC(=O)OCc1ccccc1)C(=O)O. The monoisotopic (exact) mass is 252 g/mol. The number of alkyl carbamates (subject to hydrolysis) is 1. The van der Waals surface area contributed by atoms with Crippen molar-refractivity contribution in [3.05, 3.63) is 35.9 Å². The van der Waals surface area contributed by atoms with Crippen LogP contribution in [0.15, 0.2) is 30.3 Å². The van der Waals surface area contributed by atoms with Gasteiger partial charge in [-0.2, -0.15) is 0 Å². The summed E-state index contributed by atoms with van der Waals surface area (Å²) in [4.78, 5) is 21.7. The Kier molecular flexibility index (Phi) is 5.66. The molecule has 6 nitrogen and oxygen atoms in total. The number of carboxylic acids is 1. The van der Waals surface area contributed by atoms with Crippen molar-refractivity contribution in [1.82, 2.24) is 5.32 Å². The topological polar surface area (TPSA) is 102 Å². The Morgan fingerprint density at radius 2 is 2.00 bits per heavy atom. The molecule has 0 saturated heterocycles. The number of benzene rings is 1. The van der Waals surface area contributed by atoms with Crippen molar-refractivity contribution < 1.29 is 19.4 Å². The Balaban J connectivity index is 2.17. The molecule has 0 heterocycles. The number of aliphatic carboxylic acids is 1. The second kappa shape index (κ2) is 7.29. The van der Waals surface area contributed by atoms with E-state index >= 15 is 0 Å². The van der Waals surface area contributed by atoms with Crippen LogP contribution in [0.1, 0.15) is 12.0 Å². The Morgan fingerprint density at radius 3 is 2.61 bits per heavy atom. The lowest BCUT2D eigenvalue weighted by molar-refractivity contribution is -0.138. The molecule has 0 aliphatic rings. The maximum Gasteiger partial charge on any atom is 0.407 e. The zero-order valence-electron chi connectivity index (χ0n) is 9.83. The predicted molar refractivity (Wildman–Crippen MR) is 64.9 cm³/mol. The first-order valence-electron chi connectivity index (χ1n) is 5.52. The highest BCUT2D eigenvalue weighted by atomic mass is 16.5. The minimum atomic E-state index is -1.09. The number of hydrogen-bond donors (Lipinski definition) is 3. The van der Waals surface area contributed by atoms with Gasteiger partial charge in [-0.05, 0) is 12.0 Å². The number of ether oxygens (including phenoxy) is 1. The van der Waals surface area contributed by atoms with Gasteiger partial charge in [-0.15, -0.1) is 0 Å². The Bertz CT molecular complexity index is 394. The number of carboxylic acid groups (broad SMARTS) is 1. The largest absolute Gasteiger partial charge is 0.480 e. The van der Waals surface area contributed by atoms with E-state index in [4.69, 9.17) is 15.6 Å². The molecule has 0 aromatic heterocycles. The minimum Gasteiger partial charge on any atom is -0.480 e. The molecular weight excluding hydrogens is 236 g/mol. The molecule has 0 bridgehead atoms. The fourth-order valence-electron chi connectivity index (χ4n) is 1.23. The molecule has 0 fully saturated rings. The molecule has 0 spiro atoms. The van der Waals surface area contributed by atoms with Crippen LogP contribution in [0.4, 0.5) is 4.79 Å². The molecule has 1 rings (SSSR count). The molecule has 18 heavy (non-hydrogen) atoms. The summed E-state index contributed by atoms with van der Waals surface area (Å²) in [6.45, 7) is 0.346. The molecule has 0 saturated carbocycles. The van der Waals surface area contributed by atoms with Crippen LogP contribution < -0.4 is 11.1 Å². The molecule has 6 heteroatoms. The molecular formula is C12H16N2O4. The first-order chi connectivity index (χ1) is 8.59. The number of carbonyl (C=O) groups is 2. The summed E-state index contributed by atoms with van der Waals surface area (Å²) in [5.74, 6) is -1.09. The number of amides is 1. The summed E-state index contributed by atoms with van der Waals surface area (Å²) < 4.78 is 4.93. The van der Waals surface area contributed by atoms with Gasteiger partial charge in [0.2, 0.25) is 0 Å². The summed E-state index contributed by atoms with van der Waals surface area (Å²) >= 11 is 0. The van der Waals surface area contributed by atoms with E-state index in [-0.39, 0.29) is 19.6 Å². The number of rotatable bonds is 6. The van der Waals surface area contributed by atoms with E-state index in [1.54, 1.807) is 0 Å². The molecule has 0 radical (unpaired) electrons. The molecule has 1 amide bonds. The highest BCUT2D eigenvalue weighted by molar-refractivity contribution is 5.73. The van der Waals surface area contributed by atoms with Gasteiger partial charge in [0, 0.05) is 6.54 Å². The van der Waals surface area contributed by atoms with E-state index in [0.29, 0.717) is 0 Å². The van der Waals surface area contributed by atoms with Crippen LogP contribution in [0, 0.1) is 0 Å². The van der Waals surface area contributed by atoms with Crippen LogP contribution in [0.3, 0.4) is 0 Å². The second-order valence-electron chi connectivity index (χ2n) is 3.72. The molecule has 0 aliphatic carbocycles. The average molecular weight is 252 g/mol. The first kappa shape index (κ1) is 14.0. The van der Waals surface area contributed by atoms with Gasteiger partial charge >= 0.3 is 12.1 Å². The van der Waals surface area contributed by atoms with Crippen LogP contribution >= 0.6 is 0 Å². The van der Waals surface area contributed by atoms with Crippen LogP contribution in [0.25, 0.3) is 0 Å². The van der Waals surface area contributed by atoms with Crippen molar-refractivity contribution in [1.29, 1.82) is 0 Å². The summed E-state index contributed by atoms with van der Waals surface area (Å²) in [6, 6.07) is 8.28. The predicted octanol–water partition coefficient (Wildman–Crippen LogP) is 0.715. The number of carbonyl (C=O) groups excluding carboxylic acids is 1. The van der Waals surface area contributed by atoms with Crippen LogP contribution in [-0.2, 0) is 16.1 Å². The number of hydrogen-bond acceptors (Lipinski definition) is 4. The third-order valence-electron chi connectivity index (χ3n) is 2.25. The number of nitrogens with one attached hydrogen (secondary N) is 1. The standard InChI is InChI=1S/C12H16N2O4/c13-10(11(15)16)6-7-14-12(17)18-8-9-4-2-1-3-5-9/h1-5,10H,6-8,13H2,(H,14,17)(H,15,16)/t10-/m0/s1. The van der Waals surface area contributed by atoms with Gasteiger partial charge in [0.15, 0.2) is 0 Å². The lowest BCUT2D eigenvalue weighted by Crippen LogP contribution is -2.35. The van der Waals surface area contributed by atoms with Gasteiger partial charge in [-0.1, -0.05) is 30.3 Å². The molecule has 1 aromatic carbocycles. The molecule has 0 unspecified atom stereocenters. The summed E-state index contributed by atoms with van der Waals surface area (Å²) in [7, 11) is 0. The summed E-state index contributed by atoms with van der Waals surface area (Å²) in [5.41, 5.74) is 6.16. The maximum atomic E-state index is 11.2. The van der Waals surface area contributed by atoms with Gasteiger partial charge in [-0.3, -0.25) is 4.79 Å². The zero-order valence-corrected chi connectivity index (χ0v) is 9.83. The summed E-state index contributed by atoms with van der Waals surface area (Å²) in [5, 5.41) is 11.0. The average Bonchev–Trinajstić information content (AvgIpc) is 2.37. The highest BCUT2D eigenvalue weighted by Gasteiger charge is 2.11. The lowest BCUT2D eigenvalue weighted by atomic mass is 10.2. The third-order valence-corrected chi connectivity index (χ3v) is 2.25. The van der Waals surface area contributed by atoms with Crippen molar-refractivity contribution in [2.45, 2.75) is 19.1 Å². The van der Waals surface area contributed by atoms with Crippen molar-refractivity contribution in [2.24, 2.45) is 5.73 Å². The van der Waals surface area contributed by atoms with Crippen molar-refractivity contribution in [3.63, 3.8) is 0 Å². The number of nitrogens with two attached hydrogens (primary N) is 1. The first-order valence-corrected chi connectivity index (χ1v) is 5.52. The molecule has 0 aliphatic heterocycles.